The van der Waals surface area contributed by atoms with Crippen molar-refractivity contribution < 1.29 is 23.9 Å². The van der Waals surface area contributed by atoms with Crippen molar-refractivity contribution in [1.29, 1.82) is 0 Å². The van der Waals surface area contributed by atoms with Crippen molar-refractivity contribution >= 4 is 23.4 Å². The van der Waals surface area contributed by atoms with Gasteiger partial charge in [-0.25, -0.2) is 5.43 Å². The molecule has 0 radical (unpaired) electrons. The number of fused-ring (bicyclic) bond motifs is 1. The summed E-state index contributed by atoms with van der Waals surface area (Å²) in [6.45, 7) is 1.72. The van der Waals surface area contributed by atoms with Crippen LogP contribution < -0.4 is 16.3 Å². The third-order valence-electron chi connectivity index (χ3n) is 5.30. The first-order valence-corrected chi connectivity index (χ1v) is 10.4. The van der Waals surface area contributed by atoms with Gasteiger partial charge in [-0.3, -0.25) is 25.2 Å². The minimum Gasteiger partial charge on any atom is -0.507 e. The Hall–Kier alpha value is -4.40. The number of para-hydroxylation sites is 1. The first kappa shape index (κ1) is 21.8. The fraction of sp³-hybridized carbons (Fsp3) is 0.167. The van der Waals surface area contributed by atoms with E-state index >= 15 is 0 Å². The standard InChI is InChI=1S/C24H22N4O5/c1-14-20-17(25-27-23(31)16-10-5-6-12-18(16)29)11-7-13-19(20)33-21(14)24(32)28-26-22(30)15-8-3-2-4-9-15/h2-6,8-10,12,29H,7,11,13H2,1H3,(H,26,30)(H,27,31)(H,28,32)/b25-17+. The van der Waals surface area contributed by atoms with Gasteiger partial charge in [-0.15, -0.1) is 0 Å². The first-order chi connectivity index (χ1) is 16.0. The van der Waals surface area contributed by atoms with Crippen molar-refractivity contribution in [1.82, 2.24) is 16.3 Å². The van der Waals surface area contributed by atoms with Gasteiger partial charge in [0.2, 0.25) is 0 Å². The number of phenolic OH excluding ortho intramolecular Hbond substituents is 1. The van der Waals surface area contributed by atoms with Gasteiger partial charge in [-0.05, 0) is 44.0 Å². The van der Waals surface area contributed by atoms with Crippen molar-refractivity contribution in [3.05, 3.63) is 88.4 Å². The van der Waals surface area contributed by atoms with E-state index in [0.717, 1.165) is 6.42 Å². The monoisotopic (exact) mass is 446 g/mol. The topological polar surface area (TPSA) is 133 Å². The number of hydrazine groups is 1. The van der Waals surface area contributed by atoms with Crippen molar-refractivity contribution in [2.45, 2.75) is 26.2 Å². The number of hydrogen-bond donors (Lipinski definition) is 4. The molecule has 0 atom stereocenters. The average Bonchev–Trinajstić information content (AvgIpc) is 3.18. The summed E-state index contributed by atoms with van der Waals surface area (Å²) in [5.41, 5.74) is 9.52. The van der Waals surface area contributed by atoms with Gasteiger partial charge >= 0.3 is 5.91 Å². The number of nitrogens with one attached hydrogen (secondary N) is 3. The molecule has 1 aliphatic carbocycles. The van der Waals surface area contributed by atoms with Crippen LogP contribution >= 0.6 is 0 Å². The normalized spacial score (nSPS) is 13.8. The third-order valence-corrected chi connectivity index (χ3v) is 5.30. The molecule has 3 amide bonds. The minimum atomic E-state index is -0.594. The van der Waals surface area contributed by atoms with E-state index in [1.54, 1.807) is 49.4 Å². The zero-order chi connectivity index (χ0) is 23.4. The second kappa shape index (κ2) is 9.39. The molecule has 0 saturated heterocycles. The van der Waals surface area contributed by atoms with E-state index in [4.69, 9.17) is 4.42 Å². The van der Waals surface area contributed by atoms with E-state index in [1.807, 2.05) is 0 Å². The zero-order valence-corrected chi connectivity index (χ0v) is 17.8. The van der Waals surface area contributed by atoms with Gasteiger partial charge in [-0.1, -0.05) is 30.3 Å². The molecule has 0 fully saturated rings. The van der Waals surface area contributed by atoms with Crippen LogP contribution in [0.3, 0.4) is 0 Å². The summed E-state index contributed by atoms with van der Waals surface area (Å²) in [6.07, 6.45) is 1.93. The summed E-state index contributed by atoms with van der Waals surface area (Å²) in [5.74, 6) is -1.08. The van der Waals surface area contributed by atoms with Crippen LogP contribution in [0.1, 0.15) is 61.0 Å². The number of hydrazone groups is 1. The number of carbonyl (C=O) groups is 3. The van der Waals surface area contributed by atoms with Gasteiger partial charge in [0.05, 0.1) is 11.3 Å². The van der Waals surface area contributed by atoms with Crippen LogP contribution in [0.5, 0.6) is 5.75 Å². The largest absolute Gasteiger partial charge is 0.507 e. The SMILES string of the molecule is Cc1c(C(=O)NNC(=O)c2ccccc2)oc2c1/C(=N/NC(=O)c1ccccc1O)CCC2. The minimum absolute atomic E-state index is 0.0648. The van der Waals surface area contributed by atoms with Crippen LogP contribution in [0.25, 0.3) is 0 Å². The maximum Gasteiger partial charge on any atom is 0.305 e. The Morgan fingerprint density at radius 2 is 1.61 bits per heavy atom. The highest BCUT2D eigenvalue weighted by Crippen LogP contribution is 2.30. The highest BCUT2D eigenvalue weighted by molar-refractivity contribution is 6.07. The number of aromatic hydroxyl groups is 1. The fourth-order valence-electron chi connectivity index (χ4n) is 3.67. The van der Waals surface area contributed by atoms with Gasteiger partial charge < -0.3 is 9.52 Å². The highest BCUT2D eigenvalue weighted by Gasteiger charge is 2.28. The Morgan fingerprint density at radius 1 is 0.909 bits per heavy atom. The maximum absolute atomic E-state index is 12.7. The number of carbonyl (C=O) groups excluding carboxylic acids is 3. The summed E-state index contributed by atoms with van der Waals surface area (Å²) in [4.78, 5) is 37.2. The van der Waals surface area contributed by atoms with E-state index in [2.05, 4.69) is 21.4 Å². The van der Waals surface area contributed by atoms with Crippen molar-refractivity contribution in [2.75, 3.05) is 0 Å². The Morgan fingerprint density at radius 3 is 2.36 bits per heavy atom. The number of furan rings is 1. The van der Waals surface area contributed by atoms with E-state index < -0.39 is 17.7 Å². The van der Waals surface area contributed by atoms with E-state index in [9.17, 15) is 19.5 Å². The highest BCUT2D eigenvalue weighted by atomic mass is 16.4. The Bertz CT molecular complexity index is 1250. The van der Waals surface area contributed by atoms with Crippen molar-refractivity contribution in [3.63, 3.8) is 0 Å². The summed E-state index contributed by atoms with van der Waals surface area (Å²) < 4.78 is 5.78. The molecule has 33 heavy (non-hydrogen) atoms. The van der Waals surface area contributed by atoms with Gasteiger partial charge in [-0.2, -0.15) is 5.10 Å². The molecule has 4 rings (SSSR count). The van der Waals surface area contributed by atoms with Crippen LogP contribution in [-0.4, -0.2) is 28.5 Å². The van der Waals surface area contributed by atoms with Crippen LogP contribution in [0.4, 0.5) is 0 Å². The molecule has 0 aliphatic heterocycles. The predicted octanol–water partition coefficient (Wildman–Crippen LogP) is 2.84. The predicted molar refractivity (Wildman–Crippen MR) is 120 cm³/mol. The second-order valence-corrected chi connectivity index (χ2v) is 7.50. The molecule has 9 heteroatoms. The lowest BCUT2D eigenvalue weighted by atomic mass is 9.93. The quantitative estimate of drug-likeness (QED) is 0.458. The lowest BCUT2D eigenvalue weighted by Crippen LogP contribution is -2.41. The lowest BCUT2D eigenvalue weighted by Gasteiger charge is -2.13. The number of aryl methyl sites for hydroxylation is 1. The molecule has 1 heterocycles. The second-order valence-electron chi connectivity index (χ2n) is 7.50. The molecule has 168 valence electrons. The molecule has 2 aromatic carbocycles. The molecule has 1 aromatic heterocycles. The maximum atomic E-state index is 12.7. The molecule has 0 bridgehead atoms. The molecular weight excluding hydrogens is 424 g/mol. The summed E-state index contributed by atoms with van der Waals surface area (Å²) >= 11 is 0. The number of phenols is 1. The molecule has 1 aliphatic rings. The Labute approximate surface area is 189 Å². The van der Waals surface area contributed by atoms with Crippen LogP contribution in [0.15, 0.2) is 64.1 Å². The molecule has 4 N–H and O–H groups in total. The number of rotatable bonds is 4. The van der Waals surface area contributed by atoms with Gasteiger partial charge in [0.25, 0.3) is 11.8 Å². The van der Waals surface area contributed by atoms with Gasteiger partial charge in [0.1, 0.15) is 11.5 Å². The van der Waals surface area contributed by atoms with Crippen LogP contribution in [0, 0.1) is 6.92 Å². The first-order valence-electron chi connectivity index (χ1n) is 10.4. The van der Waals surface area contributed by atoms with Crippen LogP contribution in [-0.2, 0) is 6.42 Å². The smallest absolute Gasteiger partial charge is 0.305 e. The van der Waals surface area contributed by atoms with Gasteiger partial charge in [0.15, 0.2) is 5.76 Å². The summed E-state index contributed by atoms with van der Waals surface area (Å²) in [5, 5.41) is 14.1. The number of nitrogens with zero attached hydrogens (tertiary/aromatic N) is 1. The number of hydrogen-bond acceptors (Lipinski definition) is 6. The molecule has 0 spiro atoms. The lowest BCUT2D eigenvalue weighted by molar-refractivity contribution is 0.0829. The summed E-state index contributed by atoms with van der Waals surface area (Å²) in [7, 11) is 0. The van der Waals surface area contributed by atoms with Gasteiger partial charge in [0, 0.05) is 23.1 Å². The van der Waals surface area contributed by atoms with Crippen LogP contribution in [0.2, 0.25) is 0 Å². The van der Waals surface area contributed by atoms with Crippen molar-refractivity contribution in [3.8, 4) is 5.75 Å². The van der Waals surface area contributed by atoms with E-state index in [1.165, 1.54) is 12.1 Å². The Kier molecular flexibility index (Phi) is 6.21. The zero-order valence-electron chi connectivity index (χ0n) is 17.8. The summed E-state index contributed by atoms with van der Waals surface area (Å²) in [6, 6.07) is 14.7. The molecule has 0 saturated carbocycles. The number of benzene rings is 2. The Balaban J connectivity index is 1.49. The van der Waals surface area contributed by atoms with E-state index in [-0.39, 0.29) is 17.1 Å². The molecular formula is C24H22N4O5. The fourth-order valence-corrected chi connectivity index (χ4v) is 3.67. The van der Waals surface area contributed by atoms with E-state index in [0.29, 0.717) is 41.0 Å². The molecule has 3 aromatic rings. The number of amides is 3. The molecule has 9 nitrogen and oxygen atoms in total. The molecule has 0 unspecified atom stereocenters. The average molecular weight is 446 g/mol. The third kappa shape index (κ3) is 4.62. The van der Waals surface area contributed by atoms with Crippen molar-refractivity contribution in [2.24, 2.45) is 5.10 Å².